The van der Waals surface area contributed by atoms with Crippen LogP contribution in [0.3, 0.4) is 0 Å². The van der Waals surface area contributed by atoms with Gasteiger partial charge in [-0.3, -0.25) is 0 Å². The molecule has 3 nitrogen and oxygen atoms in total. The van der Waals surface area contributed by atoms with Gasteiger partial charge in [-0.05, 0) is 44.1 Å². The topological polar surface area (TPSA) is 45.4 Å². The quantitative estimate of drug-likeness (QED) is 0.848. The van der Waals surface area contributed by atoms with Crippen LogP contribution in [0.25, 0.3) is 0 Å². The van der Waals surface area contributed by atoms with Crippen LogP contribution in [0.4, 0.5) is 0 Å². The number of furan rings is 1. The third-order valence-corrected chi connectivity index (χ3v) is 3.84. The minimum atomic E-state index is -0.0788. The average molecular weight is 255 g/mol. The normalized spacial score (nSPS) is 25.1. The van der Waals surface area contributed by atoms with E-state index in [9.17, 15) is 5.11 Å². The van der Waals surface area contributed by atoms with Gasteiger partial charge in [0.1, 0.15) is 11.5 Å². The Labute approximate surface area is 107 Å². The molecule has 0 bridgehead atoms. The summed E-state index contributed by atoms with van der Waals surface area (Å²) in [5.41, 5.74) is 0. The van der Waals surface area contributed by atoms with Gasteiger partial charge in [0.15, 0.2) is 0 Å². The van der Waals surface area contributed by atoms with Gasteiger partial charge in [0.05, 0.1) is 18.4 Å². The molecule has 96 valence electrons. The lowest BCUT2D eigenvalue weighted by Crippen LogP contribution is -2.34. The lowest BCUT2D eigenvalue weighted by atomic mass is 9.93. The Hall–Kier alpha value is -0.450. The van der Waals surface area contributed by atoms with Crippen molar-refractivity contribution in [2.24, 2.45) is 0 Å². The maximum absolute atomic E-state index is 9.43. The van der Waals surface area contributed by atoms with Crippen molar-refractivity contribution in [3.8, 4) is 0 Å². The molecule has 0 spiro atoms. The Morgan fingerprint density at radius 2 is 2.00 bits per heavy atom. The highest BCUT2D eigenvalue weighted by molar-refractivity contribution is 7.97. The highest BCUT2D eigenvalue weighted by Gasteiger charge is 2.18. The molecule has 0 saturated heterocycles. The molecule has 0 aliphatic heterocycles. The van der Waals surface area contributed by atoms with Crippen LogP contribution < -0.4 is 5.32 Å². The van der Waals surface area contributed by atoms with Crippen LogP contribution in [0, 0.1) is 0 Å². The number of rotatable bonds is 5. The minimum absolute atomic E-state index is 0.0788. The third kappa shape index (κ3) is 4.05. The molecule has 0 unspecified atom stereocenters. The van der Waals surface area contributed by atoms with E-state index in [4.69, 9.17) is 4.42 Å². The van der Waals surface area contributed by atoms with Crippen LogP contribution in [0.5, 0.6) is 0 Å². The van der Waals surface area contributed by atoms with E-state index in [1.54, 1.807) is 11.8 Å². The second kappa shape index (κ2) is 6.47. The average Bonchev–Trinajstić information content (AvgIpc) is 2.77. The van der Waals surface area contributed by atoms with Crippen molar-refractivity contribution in [3.05, 3.63) is 23.7 Å². The summed E-state index contributed by atoms with van der Waals surface area (Å²) in [7, 11) is 0. The van der Waals surface area contributed by atoms with Crippen molar-refractivity contribution in [2.45, 2.75) is 50.1 Å². The molecule has 1 aliphatic rings. The second-order valence-corrected chi connectivity index (χ2v) is 5.55. The number of hydrogen-bond acceptors (Lipinski definition) is 4. The molecular weight excluding hydrogens is 234 g/mol. The molecule has 1 fully saturated rings. The fourth-order valence-electron chi connectivity index (χ4n) is 2.26. The molecule has 1 saturated carbocycles. The third-order valence-electron chi connectivity index (χ3n) is 3.27. The largest absolute Gasteiger partial charge is 0.464 e. The first-order valence-corrected chi connectivity index (χ1v) is 7.65. The number of nitrogens with one attached hydrogen (secondary N) is 1. The van der Waals surface area contributed by atoms with Crippen LogP contribution >= 0.6 is 11.8 Å². The summed E-state index contributed by atoms with van der Waals surface area (Å²) >= 11 is 1.77. The van der Waals surface area contributed by atoms with Crippen molar-refractivity contribution in [1.82, 2.24) is 5.32 Å². The first-order valence-electron chi connectivity index (χ1n) is 6.26. The maximum Gasteiger partial charge on any atom is 0.118 e. The standard InChI is InChI=1S/C13H21NO2S/c1-17-9-13-7-6-12(16-13)8-14-10-2-4-11(15)5-3-10/h6-7,10-11,14-15H,2-5,8-9H2,1H3. The zero-order valence-electron chi connectivity index (χ0n) is 10.3. The summed E-state index contributed by atoms with van der Waals surface area (Å²) in [4.78, 5) is 0. The lowest BCUT2D eigenvalue weighted by molar-refractivity contribution is 0.116. The minimum Gasteiger partial charge on any atom is -0.464 e. The Kier molecular flexibility index (Phi) is 4.95. The highest BCUT2D eigenvalue weighted by Crippen LogP contribution is 2.19. The van der Waals surface area contributed by atoms with E-state index in [1.165, 1.54) is 0 Å². The lowest BCUT2D eigenvalue weighted by Gasteiger charge is -2.25. The summed E-state index contributed by atoms with van der Waals surface area (Å²) in [5, 5.41) is 12.9. The van der Waals surface area contributed by atoms with Crippen LogP contribution in [0.2, 0.25) is 0 Å². The monoisotopic (exact) mass is 255 g/mol. The van der Waals surface area contributed by atoms with E-state index >= 15 is 0 Å². The molecule has 0 radical (unpaired) electrons. The number of hydrogen-bond donors (Lipinski definition) is 2. The van der Waals surface area contributed by atoms with E-state index in [0.29, 0.717) is 6.04 Å². The summed E-state index contributed by atoms with van der Waals surface area (Å²) in [6, 6.07) is 4.64. The van der Waals surface area contributed by atoms with Crippen molar-refractivity contribution >= 4 is 11.8 Å². The highest BCUT2D eigenvalue weighted by atomic mass is 32.2. The fourth-order valence-corrected chi connectivity index (χ4v) is 2.70. The first-order chi connectivity index (χ1) is 8.28. The molecule has 2 N–H and O–H groups in total. The SMILES string of the molecule is CSCc1ccc(CNC2CCC(O)CC2)o1. The zero-order valence-corrected chi connectivity index (χ0v) is 11.1. The summed E-state index contributed by atoms with van der Waals surface area (Å²) in [6.45, 7) is 0.801. The fraction of sp³-hybridized carbons (Fsp3) is 0.692. The van der Waals surface area contributed by atoms with E-state index in [1.807, 2.05) is 0 Å². The van der Waals surface area contributed by atoms with Gasteiger partial charge < -0.3 is 14.8 Å². The van der Waals surface area contributed by atoms with Gasteiger partial charge in [-0.1, -0.05) is 0 Å². The summed E-state index contributed by atoms with van der Waals surface area (Å²) in [6.07, 6.45) is 5.98. The molecule has 1 aromatic heterocycles. The summed E-state index contributed by atoms with van der Waals surface area (Å²) in [5.74, 6) is 3.00. The predicted octanol–water partition coefficient (Wildman–Crippen LogP) is 2.54. The van der Waals surface area contributed by atoms with Crippen molar-refractivity contribution in [1.29, 1.82) is 0 Å². The zero-order chi connectivity index (χ0) is 12.1. The van der Waals surface area contributed by atoms with E-state index in [0.717, 1.165) is 49.5 Å². The number of aliphatic hydroxyl groups is 1. The number of aliphatic hydroxyl groups excluding tert-OH is 1. The van der Waals surface area contributed by atoms with Crippen LogP contribution in [0.1, 0.15) is 37.2 Å². The molecule has 17 heavy (non-hydrogen) atoms. The smallest absolute Gasteiger partial charge is 0.118 e. The predicted molar refractivity (Wildman–Crippen MR) is 71.0 cm³/mol. The second-order valence-electron chi connectivity index (χ2n) is 4.69. The van der Waals surface area contributed by atoms with Gasteiger partial charge in [0.25, 0.3) is 0 Å². The molecule has 2 rings (SSSR count). The maximum atomic E-state index is 9.43. The van der Waals surface area contributed by atoms with Gasteiger partial charge >= 0.3 is 0 Å². The molecule has 1 aromatic rings. The van der Waals surface area contributed by atoms with Crippen LogP contribution in [0.15, 0.2) is 16.5 Å². The first kappa shape index (κ1) is 13.0. The molecule has 1 aliphatic carbocycles. The van der Waals surface area contributed by atoms with Crippen molar-refractivity contribution in [3.63, 3.8) is 0 Å². The van der Waals surface area contributed by atoms with Gasteiger partial charge in [0.2, 0.25) is 0 Å². The Morgan fingerprint density at radius 1 is 1.29 bits per heavy atom. The van der Waals surface area contributed by atoms with E-state index in [2.05, 4.69) is 23.7 Å². The van der Waals surface area contributed by atoms with E-state index in [-0.39, 0.29) is 6.10 Å². The number of thioether (sulfide) groups is 1. The molecule has 0 aromatic carbocycles. The Balaban J connectivity index is 1.73. The van der Waals surface area contributed by atoms with Crippen LogP contribution in [-0.2, 0) is 12.3 Å². The summed E-state index contributed by atoms with van der Waals surface area (Å²) < 4.78 is 5.70. The van der Waals surface area contributed by atoms with Gasteiger partial charge in [-0.15, -0.1) is 0 Å². The Bertz CT molecular complexity index is 332. The molecule has 0 amide bonds. The van der Waals surface area contributed by atoms with Gasteiger partial charge in [0, 0.05) is 6.04 Å². The molecular formula is C13H21NO2S. The molecule has 4 heteroatoms. The van der Waals surface area contributed by atoms with Crippen LogP contribution in [-0.4, -0.2) is 23.5 Å². The van der Waals surface area contributed by atoms with Crippen molar-refractivity contribution < 1.29 is 9.52 Å². The van der Waals surface area contributed by atoms with Gasteiger partial charge in [-0.2, -0.15) is 11.8 Å². The molecule has 1 heterocycles. The van der Waals surface area contributed by atoms with E-state index < -0.39 is 0 Å². The Morgan fingerprint density at radius 3 is 2.71 bits per heavy atom. The molecule has 0 atom stereocenters. The van der Waals surface area contributed by atoms with Crippen molar-refractivity contribution in [2.75, 3.05) is 6.26 Å². The van der Waals surface area contributed by atoms with Gasteiger partial charge in [-0.25, -0.2) is 0 Å².